The molecule has 1 aromatic heterocycles. The van der Waals surface area contributed by atoms with Gasteiger partial charge in [0.2, 0.25) is 0 Å². The number of carboxylic acid groups (broad SMARTS) is 2. The van der Waals surface area contributed by atoms with Crippen molar-refractivity contribution in [3.05, 3.63) is 94.1 Å². The highest BCUT2D eigenvalue weighted by Gasteiger charge is 2.13. The normalized spacial score (nSPS) is 11.3. The van der Waals surface area contributed by atoms with Crippen molar-refractivity contribution in [2.24, 2.45) is 0 Å². The fourth-order valence-electron chi connectivity index (χ4n) is 4.66. The molecule has 1 heterocycles. The fourth-order valence-corrected chi connectivity index (χ4v) is 4.95. The van der Waals surface area contributed by atoms with E-state index in [1.54, 1.807) is 4.57 Å². The predicted molar refractivity (Wildman–Crippen MR) is 162 cm³/mol. The average Bonchev–Trinajstić information content (AvgIpc) is 3.28. The summed E-state index contributed by atoms with van der Waals surface area (Å²) in [5.74, 6) is -0.289. The van der Waals surface area contributed by atoms with Gasteiger partial charge in [-0.2, -0.15) is 0 Å². The molecule has 0 saturated carbocycles. The van der Waals surface area contributed by atoms with Crippen LogP contribution in [0.15, 0.2) is 66.9 Å². The maximum atomic E-state index is 11.5. The van der Waals surface area contributed by atoms with E-state index in [1.807, 2.05) is 85.9 Å². The topological polar surface area (TPSA) is 98.0 Å². The van der Waals surface area contributed by atoms with Crippen LogP contribution in [-0.4, -0.2) is 39.9 Å². The number of fused-ring (bicyclic) bond motifs is 1. The molecule has 2 N–H and O–H groups in total. The Morgan fingerprint density at radius 2 is 1.66 bits per heavy atom. The summed E-state index contributed by atoms with van der Waals surface area (Å²) < 4.78 is 13.4. The zero-order chi connectivity index (χ0) is 29.2. The summed E-state index contributed by atoms with van der Waals surface area (Å²) in [5, 5.41) is 20.0. The fraction of sp³-hybridized carbons (Fsp3) is 0.273. The number of halogens is 1. The number of carbonyl (C=O) groups is 2. The van der Waals surface area contributed by atoms with Gasteiger partial charge in [0.1, 0.15) is 18.0 Å². The molecule has 4 rings (SSSR count). The number of aryl methyl sites for hydroxylation is 2. The molecule has 0 unspecified atom stereocenters. The maximum Gasteiger partial charge on any atom is 0.323 e. The lowest BCUT2D eigenvalue weighted by Crippen LogP contribution is -2.07. The minimum Gasteiger partial charge on any atom is -0.494 e. The number of hydrogen-bond acceptors (Lipinski definition) is 4. The number of para-hydroxylation sites is 1. The first kappa shape index (κ1) is 29.7. The van der Waals surface area contributed by atoms with Crippen LogP contribution in [0.25, 0.3) is 23.1 Å². The van der Waals surface area contributed by atoms with E-state index < -0.39 is 11.9 Å². The number of carboxylic acids is 2. The highest BCUT2D eigenvalue weighted by molar-refractivity contribution is 6.32. The van der Waals surface area contributed by atoms with Crippen molar-refractivity contribution in [3.8, 4) is 11.5 Å². The predicted octanol–water partition coefficient (Wildman–Crippen LogP) is 7.50. The molecule has 214 valence electrons. The lowest BCUT2D eigenvalue weighted by Gasteiger charge is -2.09. The average molecular weight is 576 g/mol. The number of benzene rings is 3. The van der Waals surface area contributed by atoms with Crippen LogP contribution in [-0.2, 0) is 22.6 Å². The lowest BCUT2D eigenvalue weighted by molar-refractivity contribution is -0.138. The molecule has 0 spiro atoms. The van der Waals surface area contributed by atoms with Crippen LogP contribution >= 0.6 is 11.6 Å². The molecule has 0 saturated heterocycles. The van der Waals surface area contributed by atoms with Crippen molar-refractivity contribution in [2.45, 2.75) is 45.6 Å². The van der Waals surface area contributed by atoms with Gasteiger partial charge in [0.15, 0.2) is 0 Å². The Morgan fingerprint density at radius 3 is 2.37 bits per heavy atom. The summed E-state index contributed by atoms with van der Waals surface area (Å²) in [4.78, 5) is 22.5. The Labute approximate surface area is 244 Å². The minimum absolute atomic E-state index is 0.0721. The van der Waals surface area contributed by atoms with Crippen LogP contribution in [0.5, 0.6) is 11.5 Å². The van der Waals surface area contributed by atoms with Gasteiger partial charge in [0.05, 0.1) is 23.8 Å². The summed E-state index contributed by atoms with van der Waals surface area (Å²) in [7, 11) is 0. The molecule has 0 fully saturated rings. The Kier molecular flexibility index (Phi) is 10.5. The molecule has 7 nitrogen and oxygen atoms in total. The minimum atomic E-state index is -0.934. The molecule has 3 aromatic carbocycles. The molecule has 0 amide bonds. The third-order valence-electron chi connectivity index (χ3n) is 6.64. The van der Waals surface area contributed by atoms with Crippen molar-refractivity contribution < 1.29 is 29.3 Å². The molecule has 0 aliphatic heterocycles. The van der Waals surface area contributed by atoms with Crippen molar-refractivity contribution >= 4 is 46.6 Å². The Balaban J connectivity index is 1.33. The standard InChI is InChI=1S/C33H34ClNO6/c1-23-10-17-30(29(34)20-23)41-19-3-2-18-40-27-15-12-24(13-16-27)11-14-25-6-4-8-28-26(7-5-9-31(36)37)21-35(33(25)28)22-32(38)39/h4,6,8,10-17,20-21H,2-3,5,7,9,18-19,22H2,1H3,(H,36,37)(H,38,39)/b14-11+. The molecule has 8 heteroatoms. The van der Waals surface area contributed by atoms with Gasteiger partial charge in [-0.05, 0) is 79.1 Å². The molecule has 0 bridgehead atoms. The molecule has 0 aliphatic carbocycles. The highest BCUT2D eigenvalue weighted by atomic mass is 35.5. The summed E-state index contributed by atoms with van der Waals surface area (Å²) in [5.41, 5.74) is 4.74. The SMILES string of the molecule is Cc1ccc(OCCCCOc2ccc(/C=C/c3cccc4c(CCCC(=O)O)cn(CC(=O)O)c34)cc2)c(Cl)c1. The first-order valence-corrected chi connectivity index (χ1v) is 14.0. The first-order valence-electron chi connectivity index (χ1n) is 13.6. The maximum absolute atomic E-state index is 11.5. The van der Waals surface area contributed by atoms with Crippen molar-refractivity contribution in [1.29, 1.82) is 0 Å². The second-order valence-electron chi connectivity index (χ2n) is 9.91. The third-order valence-corrected chi connectivity index (χ3v) is 6.94. The van der Waals surface area contributed by atoms with Crippen molar-refractivity contribution in [3.63, 3.8) is 0 Å². The van der Waals surface area contributed by atoms with E-state index in [0.717, 1.165) is 51.7 Å². The van der Waals surface area contributed by atoms with Gasteiger partial charge < -0.3 is 24.3 Å². The van der Waals surface area contributed by atoms with Crippen molar-refractivity contribution in [2.75, 3.05) is 13.2 Å². The van der Waals surface area contributed by atoms with E-state index in [-0.39, 0.29) is 13.0 Å². The molecular formula is C33H34ClNO6. The van der Waals surface area contributed by atoms with Gasteiger partial charge in [-0.15, -0.1) is 0 Å². The van der Waals surface area contributed by atoms with Crippen LogP contribution in [0.3, 0.4) is 0 Å². The van der Waals surface area contributed by atoms with Crippen LogP contribution in [0.2, 0.25) is 5.02 Å². The number of rotatable bonds is 15. The largest absolute Gasteiger partial charge is 0.494 e. The number of aromatic nitrogens is 1. The third kappa shape index (κ3) is 8.63. The Morgan fingerprint density at radius 1 is 0.902 bits per heavy atom. The van der Waals surface area contributed by atoms with Gasteiger partial charge in [0, 0.05) is 18.0 Å². The molecule has 0 aliphatic rings. The Bertz CT molecular complexity index is 1520. The molecule has 4 aromatic rings. The van der Waals surface area contributed by atoms with Gasteiger partial charge in [-0.25, -0.2) is 0 Å². The van der Waals surface area contributed by atoms with Crippen LogP contribution in [0, 0.1) is 6.92 Å². The van der Waals surface area contributed by atoms with Crippen LogP contribution in [0.4, 0.5) is 0 Å². The number of aliphatic carboxylic acids is 2. The first-order chi connectivity index (χ1) is 19.8. The number of hydrogen-bond donors (Lipinski definition) is 2. The van der Waals surface area contributed by atoms with E-state index in [4.69, 9.17) is 26.2 Å². The molecular weight excluding hydrogens is 542 g/mol. The summed E-state index contributed by atoms with van der Waals surface area (Å²) in [6.45, 7) is 2.97. The van der Waals surface area contributed by atoms with E-state index in [1.165, 1.54) is 0 Å². The monoisotopic (exact) mass is 575 g/mol. The van der Waals surface area contributed by atoms with E-state index >= 15 is 0 Å². The van der Waals surface area contributed by atoms with Crippen LogP contribution < -0.4 is 9.47 Å². The number of ether oxygens (including phenoxy) is 2. The number of nitrogens with zero attached hydrogens (tertiary/aromatic N) is 1. The smallest absolute Gasteiger partial charge is 0.323 e. The van der Waals surface area contributed by atoms with Crippen LogP contribution in [0.1, 0.15) is 47.9 Å². The quantitative estimate of drug-likeness (QED) is 0.112. The van der Waals surface area contributed by atoms with E-state index in [2.05, 4.69) is 0 Å². The van der Waals surface area contributed by atoms with Gasteiger partial charge in [-0.3, -0.25) is 9.59 Å². The zero-order valence-electron chi connectivity index (χ0n) is 23.0. The number of unbranched alkanes of at least 4 members (excludes halogenated alkanes) is 1. The Hall–Kier alpha value is -4.23. The van der Waals surface area contributed by atoms with Gasteiger partial charge in [-0.1, -0.05) is 60.2 Å². The summed E-state index contributed by atoms with van der Waals surface area (Å²) >= 11 is 6.20. The lowest BCUT2D eigenvalue weighted by atomic mass is 10.0. The van der Waals surface area contributed by atoms with Gasteiger partial charge >= 0.3 is 11.9 Å². The molecule has 0 atom stereocenters. The summed E-state index contributed by atoms with van der Waals surface area (Å²) in [6.07, 6.45) is 8.61. The molecule has 0 radical (unpaired) electrons. The van der Waals surface area contributed by atoms with E-state index in [0.29, 0.717) is 36.8 Å². The summed E-state index contributed by atoms with van der Waals surface area (Å²) in [6, 6.07) is 19.4. The molecule has 41 heavy (non-hydrogen) atoms. The van der Waals surface area contributed by atoms with E-state index in [9.17, 15) is 14.7 Å². The zero-order valence-corrected chi connectivity index (χ0v) is 23.8. The second kappa shape index (κ2) is 14.4. The highest BCUT2D eigenvalue weighted by Crippen LogP contribution is 2.28. The van der Waals surface area contributed by atoms with Gasteiger partial charge in [0.25, 0.3) is 0 Å². The van der Waals surface area contributed by atoms with Crippen molar-refractivity contribution in [1.82, 2.24) is 4.57 Å². The second-order valence-corrected chi connectivity index (χ2v) is 10.3.